The minimum Gasteiger partial charge on any atom is -0.508 e. The van der Waals surface area contributed by atoms with Crippen molar-refractivity contribution < 1.29 is 36.2 Å². The number of nitrogens with one attached hydrogen (secondary N) is 1. The molecule has 2 aromatic carbocycles. The van der Waals surface area contributed by atoms with Gasteiger partial charge >= 0.3 is 12.4 Å². The van der Waals surface area contributed by atoms with Gasteiger partial charge in [0.1, 0.15) is 12.5 Å². The van der Waals surface area contributed by atoms with Crippen LogP contribution in [0.4, 0.5) is 32.0 Å². The fraction of sp³-hybridized carbons (Fsp3) is 0.235. The lowest BCUT2D eigenvalue weighted by Crippen LogP contribution is -2.04. The number of phenolic OH excluding ortho intramolecular Hbond substituents is 1. The largest absolute Gasteiger partial charge is 0.508 e. The summed E-state index contributed by atoms with van der Waals surface area (Å²) in [6.07, 6.45) is -8.59. The van der Waals surface area contributed by atoms with Gasteiger partial charge in [0.05, 0.1) is 11.1 Å². The molecular formula is C17H17F6NO2. The Morgan fingerprint density at radius 3 is 1.81 bits per heavy atom. The maximum atomic E-state index is 12.1. The molecule has 2 aromatic rings. The second-order valence-corrected chi connectivity index (χ2v) is 4.83. The Morgan fingerprint density at radius 1 is 0.885 bits per heavy atom. The fourth-order valence-electron chi connectivity index (χ4n) is 1.68. The number of benzene rings is 2. The molecule has 0 aliphatic heterocycles. The van der Waals surface area contributed by atoms with Crippen molar-refractivity contribution in [2.24, 2.45) is 0 Å². The molecule has 26 heavy (non-hydrogen) atoms. The van der Waals surface area contributed by atoms with Crippen molar-refractivity contribution in [1.82, 2.24) is 0 Å². The first-order valence-corrected chi connectivity index (χ1v) is 6.96. The maximum Gasteiger partial charge on any atom is 0.416 e. The van der Waals surface area contributed by atoms with Gasteiger partial charge in [0.25, 0.3) is 0 Å². The second-order valence-electron chi connectivity index (χ2n) is 4.83. The lowest BCUT2D eigenvalue weighted by atomic mass is 10.1. The van der Waals surface area contributed by atoms with Crippen molar-refractivity contribution >= 4 is 12.5 Å². The van der Waals surface area contributed by atoms with Crippen LogP contribution in [0.2, 0.25) is 0 Å². The van der Waals surface area contributed by atoms with Crippen molar-refractivity contribution in [3.8, 4) is 5.75 Å². The van der Waals surface area contributed by atoms with Gasteiger partial charge in [-0.25, -0.2) is 0 Å². The van der Waals surface area contributed by atoms with E-state index in [-0.39, 0.29) is 11.3 Å². The normalized spacial score (nSPS) is 10.8. The zero-order valence-electron chi connectivity index (χ0n) is 13.9. The Morgan fingerprint density at radius 2 is 1.38 bits per heavy atom. The summed E-state index contributed by atoms with van der Waals surface area (Å²) in [4.78, 5) is 8.00. The van der Waals surface area contributed by atoms with E-state index < -0.39 is 23.5 Å². The molecular weight excluding hydrogens is 364 g/mol. The Balaban J connectivity index is 0.000000439. The van der Waals surface area contributed by atoms with Gasteiger partial charge in [-0.2, -0.15) is 26.3 Å². The average molecular weight is 381 g/mol. The van der Waals surface area contributed by atoms with Crippen LogP contribution in [-0.2, 0) is 17.1 Å². The lowest BCUT2D eigenvalue weighted by Gasteiger charge is -2.07. The Labute approximate surface area is 146 Å². The van der Waals surface area contributed by atoms with Gasteiger partial charge in [-0.3, -0.25) is 0 Å². The van der Waals surface area contributed by atoms with Crippen LogP contribution in [0, 0.1) is 6.92 Å². The number of aromatic hydroxyl groups is 1. The third kappa shape index (κ3) is 7.45. The van der Waals surface area contributed by atoms with Crippen molar-refractivity contribution in [2.45, 2.75) is 19.3 Å². The third-order valence-electron chi connectivity index (χ3n) is 3.00. The number of hydrogen-bond donors (Lipinski definition) is 2. The predicted octanol–water partition coefficient (Wildman–Crippen LogP) is 5.28. The van der Waals surface area contributed by atoms with Crippen LogP contribution >= 0.6 is 0 Å². The smallest absolute Gasteiger partial charge is 0.416 e. The molecule has 0 amide bonds. The predicted molar refractivity (Wildman–Crippen MR) is 86.0 cm³/mol. The standard InChI is InChI=1S/C8H8F3N.C8H7F3O.CH2O/c1-12-7-4-2-3-6(5-7)8(9,10)11;1-5-4-6(8(9,10)11)2-3-7(5)12;1-2/h2-5,12H,1H3;2-4,12H,1H3;1H2. The SMILES string of the molecule is C=O.CNc1cccc(C(F)(F)F)c1.Cc1cc(C(F)(F)F)ccc1O. The molecule has 0 atom stereocenters. The van der Waals surface area contributed by atoms with E-state index in [1.807, 2.05) is 6.79 Å². The number of rotatable bonds is 1. The molecule has 3 nitrogen and oxygen atoms in total. The first-order valence-electron chi connectivity index (χ1n) is 6.96. The highest BCUT2D eigenvalue weighted by molar-refractivity contribution is 5.45. The minimum atomic E-state index is -4.33. The molecule has 2 rings (SSSR count). The van der Waals surface area contributed by atoms with Gasteiger partial charge in [0, 0.05) is 12.7 Å². The van der Waals surface area contributed by atoms with Crippen LogP contribution in [0.15, 0.2) is 42.5 Å². The van der Waals surface area contributed by atoms with Crippen LogP contribution < -0.4 is 5.32 Å². The Bertz CT molecular complexity index is 698. The Kier molecular flexibility index (Phi) is 8.68. The Hall–Kier alpha value is -2.71. The molecule has 0 bridgehead atoms. The van der Waals surface area contributed by atoms with Gasteiger partial charge < -0.3 is 15.2 Å². The summed E-state index contributed by atoms with van der Waals surface area (Å²) in [5, 5.41) is 11.6. The van der Waals surface area contributed by atoms with Gasteiger partial charge in [0.2, 0.25) is 0 Å². The molecule has 0 unspecified atom stereocenters. The summed E-state index contributed by atoms with van der Waals surface area (Å²) >= 11 is 0. The molecule has 0 aliphatic rings. The van der Waals surface area contributed by atoms with E-state index in [2.05, 4.69) is 5.32 Å². The number of anilines is 1. The zero-order chi connectivity index (χ0) is 20.5. The number of phenols is 1. The van der Waals surface area contributed by atoms with Crippen LogP contribution in [0.3, 0.4) is 0 Å². The van der Waals surface area contributed by atoms with Crippen LogP contribution in [0.5, 0.6) is 5.75 Å². The number of aryl methyl sites for hydroxylation is 1. The lowest BCUT2D eigenvalue weighted by molar-refractivity contribution is -0.138. The second kappa shape index (κ2) is 9.69. The highest BCUT2D eigenvalue weighted by Gasteiger charge is 2.31. The molecule has 0 saturated heterocycles. The first-order chi connectivity index (χ1) is 11.9. The molecule has 0 aliphatic carbocycles. The topological polar surface area (TPSA) is 49.3 Å². The summed E-state index contributed by atoms with van der Waals surface area (Å²) in [6.45, 7) is 3.42. The van der Waals surface area contributed by atoms with Gasteiger partial charge in [0.15, 0.2) is 0 Å². The number of carbonyl (C=O) groups excluding carboxylic acids is 1. The number of alkyl halides is 6. The van der Waals surface area contributed by atoms with E-state index in [1.54, 1.807) is 13.1 Å². The zero-order valence-corrected chi connectivity index (χ0v) is 13.9. The summed E-state index contributed by atoms with van der Waals surface area (Å²) in [6, 6.07) is 7.86. The van der Waals surface area contributed by atoms with E-state index in [0.717, 1.165) is 30.3 Å². The van der Waals surface area contributed by atoms with E-state index in [1.165, 1.54) is 13.0 Å². The average Bonchev–Trinajstić information content (AvgIpc) is 2.58. The van der Waals surface area contributed by atoms with E-state index >= 15 is 0 Å². The van der Waals surface area contributed by atoms with Crippen LogP contribution in [0.1, 0.15) is 16.7 Å². The van der Waals surface area contributed by atoms with E-state index in [4.69, 9.17) is 9.90 Å². The molecule has 0 heterocycles. The van der Waals surface area contributed by atoms with Crippen molar-refractivity contribution in [2.75, 3.05) is 12.4 Å². The molecule has 0 radical (unpaired) electrons. The molecule has 0 aromatic heterocycles. The molecule has 0 fully saturated rings. The molecule has 9 heteroatoms. The number of carbonyl (C=O) groups is 1. The molecule has 144 valence electrons. The van der Waals surface area contributed by atoms with Gasteiger partial charge in [-0.05, 0) is 48.9 Å². The van der Waals surface area contributed by atoms with Crippen molar-refractivity contribution in [3.63, 3.8) is 0 Å². The summed E-state index contributed by atoms with van der Waals surface area (Å²) in [5.41, 5.74) is -0.679. The summed E-state index contributed by atoms with van der Waals surface area (Å²) in [5.74, 6) is -0.122. The molecule has 0 saturated carbocycles. The van der Waals surface area contributed by atoms with Crippen molar-refractivity contribution in [3.05, 3.63) is 59.2 Å². The quantitative estimate of drug-likeness (QED) is 0.661. The summed E-state index contributed by atoms with van der Waals surface area (Å²) < 4.78 is 72.3. The van der Waals surface area contributed by atoms with Crippen molar-refractivity contribution in [1.29, 1.82) is 0 Å². The number of hydrogen-bond acceptors (Lipinski definition) is 3. The van der Waals surface area contributed by atoms with Crippen LogP contribution in [-0.4, -0.2) is 18.9 Å². The number of halogens is 6. The fourth-order valence-corrected chi connectivity index (χ4v) is 1.68. The molecule has 2 N–H and O–H groups in total. The maximum absolute atomic E-state index is 12.1. The van der Waals surface area contributed by atoms with Gasteiger partial charge in [-0.15, -0.1) is 0 Å². The first kappa shape index (κ1) is 23.3. The molecule has 0 spiro atoms. The van der Waals surface area contributed by atoms with Crippen LogP contribution in [0.25, 0.3) is 0 Å². The monoisotopic (exact) mass is 381 g/mol. The summed E-state index contributed by atoms with van der Waals surface area (Å²) in [7, 11) is 1.58. The van der Waals surface area contributed by atoms with E-state index in [9.17, 15) is 26.3 Å². The van der Waals surface area contributed by atoms with E-state index in [0.29, 0.717) is 5.69 Å². The highest BCUT2D eigenvalue weighted by Crippen LogP contribution is 2.32. The minimum absolute atomic E-state index is 0.122. The van der Waals surface area contributed by atoms with Gasteiger partial charge in [-0.1, -0.05) is 6.07 Å². The highest BCUT2D eigenvalue weighted by atomic mass is 19.4. The third-order valence-corrected chi connectivity index (χ3v) is 3.00.